The zero-order chi connectivity index (χ0) is 24.1. The molecule has 1 atom stereocenters. The predicted molar refractivity (Wildman–Crippen MR) is 131 cm³/mol. The van der Waals surface area contributed by atoms with E-state index in [1.165, 1.54) is 25.1 Å². The van der Waals surface area contributed by atoms with Gasteiger partial charge in [-0.3, -0.25) is 4.79 Å². The molecular weight excluding hydrogens is 514 g/mol. The third kappa shape index (κ3) is 5.54. The van der Waals surface area contributed by atoms with Crippen LogP contribution in [0.15, 0.2) is 44.7 Å². The van der Waals surface area contributed by atoms with Crippen molar-refractivity contribution >= 4 is 50.6 Å². The van der Waals surface area contributed by atoms with E-state index in [2.05, 4.69) is 30.8 Å². The topological polar surface area (TPSA) is 92.0 Å². The van der Waals surface area contributed by atoms with Crippen molar-refractivity contribution in [2.75, 3.05) is 20.8 Å². The van der Waals surface area contributed by atoms with Crippen LogP contribution < -0.4 is 15.0 Å². The van der Waals surface area contributed by atoms with Gasteiger partial charge in [0.2, 0.25) is 0 Å². The fourth-order valence-corrected chi connectivity index (χ4v) is 3.66. The Morgan fingerprint density at radius 3 is 2.73 bits per heavy atom. The van der Waals surface area contributed by atoms with E-state index < -0.39 is 5.97 Å². The van der Waals surface area contributed by atoms with Crippen LogP contribution in [-0.2, 0) is 9.53 Å². The van der Waals surface area contributed by atoms with Gasteiger partial charge in [0.25, 0.3) is 5.56 Å². The number of nitrogens with zero attached hydrogens (tertiary/aromatic N) is 3. The summed E-state index contributed by atoms with van der Waals surface area (Å²) < 4.78 is 17.6. The molecule has 0 aliphatic heterocycles. The van der Waals surface area contributed by atoms with Gasteiger partial charge in [-0.25, -0.2) is 9.78 Å². The molecule has 0 unspecified atom stereocenters. The zero-order valence-electron chi connectivity index (χ0n) is 18.6. The van der Waals surface area contributed by atoms with Crippen LogP contribution in [0.5, 0.6) is 11.5 Å². The maximum Gasteiger partial charge on any atom is 0.343 e. The fraction of sp³-hybridized carbons (Fsp3) is 0.304. The SMILES string of the molecule is CC[C@@H](C)c1nc2ccc(Br)cc2c(=O)n1N=Cc1cc(Cl)cc(OC)c1OCC(=O)OC. The lowest BCUT2D eigenvalue weighted by molar-refractivity contribution is -0.142. The van der Waals surface area contributed by atoms with Crippen LogP contribution >= 0.6 is 27.5 Å². The first-order chi connectivity index (χ1) is 15.8. The molecule has 174 valence electrons. The summed E-state index contributed by atoms with van der Waals surface area (Å²) in [6, 6.07) is 8.49. The van der Waals surface area contributed by atoms with Gasteiger partial charge in [0, 0.05) is 27.0 Å². The number of hydrogen-bond acceptors (Lipinski definition) is 7. The summed E-state index contributed by atoms with van der Waals surface area (Å²) in [6.07, 6.45) is 2.20. The number of methoxy groups -OCH3 is 2. The summed E-state index contributed by atoms with van der Waals surface area (Å²) in [4.78, 5) is 29.6. The van der Waals surface area contributed by atoms with Crippen LogP contribution in [-0.4, -0.2) is 42.7 Å². The molecule has 8 nitrogen and oxygen atoms in total. The monoisotopic (exact) mass is 535 g/mol. The third-order valence-electron chi connectivity index (χ3n) is 5.03. The summed E-state index contributed by atoms with van der Waals surface area (Å²) in [5.41, 5.74) is 0.704. The van der Waals surface area contributed by atoms with Crippen molar-refractivity contribution < 1.29 is 19.0 Å². The molecule has 0 amide bonds. The van der Waals surface area contributed by atoms with E-state index in [1.807, 2.05) is 19.9 Å². The van der Waals surface area contributed by atoms with Crippen molar-refractivity contribution in [2.24, 2.45) is 5.10 Å². The van der Waals surface area contributed by atoms with Crippen molar-refractivity contribution in [2.45, 2.75) is 26.2 Å². The summed E-state index contributed by atoms with van der Waals surface area (Å²) in [7, 11) is 2.72. The highest BCUT2D eigenvalue weighted by molar-refractivity contribution is 9.10. The lowest BCUT2D eigenvalue weighted by atomic mass is 10.1. The molecule has 0 spiro atoms. The Morgan fingerprint density at radius 2 is 2.06 bits per heavy atom. The van der Waals surface area contributed by atoms with Gasteiger partial charge in [-0.05, 0) is 30.7 Å². The van der Waals surface area contributed by atoms with Gasteiger partial charge in [-0.2, -0.15) is 9.78 Å². The van der Waals surface area contributed by atoms with Crippen molar-refractivity contribution in [3.63, 3.8) is 0 Å². The van der Waals surface area contributed by atoms with Crippen LogP contribution in [0.25, 0.3) is 10.9 Å². The minimum Gasteiger partial charge on any atom is -0.493 e. The van der Waals surface area contributed by atoms with E-state index in [0.717, 1.165) is 10.9 Å². The average Bonchev–Trinajstić information content (AvgIpc) is 2.81. The van der Waals surface area contributed by atoms with Crippen LogP contribution in [0.1, 0.15) is 37.6 Å². The van der Waals surface area contributed by atoms with E-state index in [-0.39, 0.29) is 23.8 Å². The van der Waals surface area contributed by atoms with Crippen LogP contribution in [0, 0.1) is 0 Å². The molecule has 0 saturated carbocycles. The van der Waals surface area contributed by atoms with E-state index in [4.69, 9.17) is 21.1 Å². The normalized spacial score (nSPS) is 12.2. The maximum atomic E-state index is 13.3. The van der Waals surface area contributed by atoms with Crippen LogP contribution in [0.4, 0.5) is 0 Å². The Morgan fingerprint density at radius 1 is 1.30 bits per heavy atom. The van der Waals surface area contributed by atoms with Crippen LogP contribution in [0.2, 0.25) is 5.02 Å². The number of esters is 1. The summed E-state index contributed by atoms with van der Waals surface area (Å²) in [6.45, 7) is 3.65. The van der Waals surface area contributed by atoms with Crippen molar-refractivity contribution in [1.29, 1.82) is 0 Å². The molecular formula is C23H23BrClN3O5. The smallest absolute Gasteiger partial charge is 0.343 e. The van der Waals surface area contributed by atoms with Gasteiger partial charge < -0.3 is 14.2 Å². The summed E-state index contributed by atoms with van der Waals surface area (Å²) in [5, 5.41) is 5.24. The van der Waals surface area contributed by atoms with E-state index in [9.17, 15) is 9.59 Å². The molecule has 3 rings (SSSR count). The highest BCUT2D eigenvalue weighted by Crippen LogP contribution is 2.34. The molecule has 0 N–H and O–H groups in total. The number of carbonyl (C=O) groups is 1. The maximum absolute atomic E-state index is 13.3. The second kappa shape index (κ2) is 10.8. The molecule has 33 heavy (non-hydrogen) atoms. The molecule has 0 aliphatic rings. The number of rotatable bonds is 8. The minimum atomic E-state index is -0.561. The molecule has 1 aromatic heterocycles. The highest BCUT2D eigenvalue weighted by Gasteiger charge is 2.17. The molecule has 0 radical (unpaired) electrons. The summed E-state index contributed by atoms with van der Waals surface area (Å²) >= 11 is 9.63. The van der Waals surface area contributed by atoms with Gasteiger partial charge in [-0.1, -0.05) is 41.4 Å². The first-order valence-electron chi connectivity index (χ1n) is 10.1. The van der Waals surface area contributed by atoms with E-state index in [1.54, 1.807) is 24.3 Å². The van der Waals surface area contributed by atoms with Crippen LogP contribution in [0.3, 0.4) is 0 Å². The summed E-state index contributed by atoms with van der Waals surface area (Å²) in [5.74, 6) is 0.495. The van der Waals surface area contributed by atoms with Gasteiger partial charge >= 0.3 is 5.97 Å². The molecule has 0 bridgehead atoms. The van der Waals surface area contributed by atoms with Gasteiger partial charge in [0.15, 0.2) is 18.1 Å². The Bertz CT molecular complexity index is 1280. The number of halogens is 2. The molecule has 1 heterocycles. The Kier molecular flexibility index (Phi) is 8.10. The molecule has 3 aromatic rings. The lowest BCUT2D eigenvalue weighted by Gasteiger charge is -2.15. The van der Waals surface area contributed by atoms with E-state index in [0.29, 0.717) is 33.1 Å². The second-order valence-electron chi connectivity index (χ2n) is 7.19. The zero-order valence-corrected chi connectivity index (χ0v) is 20.9. The first kappa shape index (κ1) is 24.7. The highest BCUT2D eigenvalue weighted by atomic mass is 79.9. The number of benzene rings is 2. The van der Waals surface area contributed by atoms with E-state index >= 15 is 0 Å². The predicted octanol–water partition coefficient (Wildman–Crippen LogP) is 4.77. The number of fused-ring (bicyclic) bond motifs is 1. The number of hydrogen-bond donors (Lipinski definition) is 0. The lowest BCUT2D eigenvalue weighted by Crippen LogP contribution is -2.23. The third-order valence-corrected chi connectivity index (χ3v) is 5.74. The average molecular weight is 537 g/mol. The Hall–Kier alpha value is -2.91. The van der Waals surface area contributed by atoms with Crippen molar-refractivity contribution in [3.8, 4) is 11.5 Å². The molecule has 0 aliphatic carbocycles. The molecule has 2 aromatic carbocycles. The number of ether oxygens (including phenoxy) is 3. The van der Waals surface area contributed by atoms with Gasteiger partial charge in [0.1, 0.15) is 5.82 Å². The second-order valence-corrected chi connectivity index (χ2v) is 8.55. The largest absolute Gasteiger partial charge is 0.493 e. The molecule has 0 saturated heterocycles. The first-order valence-corrected chi connectivity index (χ1v) is 11.3. The minimum absolute atomic E-state index is 0.0214. The van der Waals surface area contributed by atoms with Gasteiger partial charge in [0.05, 0.1) is 31.3 Å². The standard InChI is InChI=1S/C23H23BrClN3O5/c1-5-13(2)22-27-18-7-6-15(24)9-17(18)23(30)28(22)26-11-14-8-16(25)10-19(31-3)21(14)33-12-20(29)32-4/h6-11,13H,5,12H2,1-4H3/t13-/m1/s1. The molecule has 0 fully saturated rings. The fourth-order valence-electron chi connectivity index (χ4n) is 3.08. The van der Waals surface area contributed by atoms with Crippen molar-refractivity contribution in [1.82, 2.24) is 9.66 Å². The Labute approximate surface area is 204 Å². The number of carbonyl (C=O) groups excluding carboxylic acids is 1. The Balaban J connectivity index is 2.17. The van der Waals surface area contributed by atoms with Gasteiger partial charge in [-0.15, -0.1) is 0 Å². The quantitative estimate of drug-likeness (QED) is 0.304. The van der Waals surface area contributed by atoms with Crippen molar-refractivity contribution in [3.05, 3.63) is 61.6 Å². The number of aromatic nitrogens is 2. The molecule has 10 heteroatoms.